The van der Waals surface area contributed by atoms with Crippen LogP contribution in [0, 0.1) is 27.7 Å². The van der Waals surface area contributed by atoms with Crippen LogP contribution in [0.1, 0.15) is 29.2 Å². The number of rotatable bonds is 4. The molecule has 3 heteroatoms. The predicted molar refractivity (Wildman–Crippen MR) is 170 cm³/mol. The first-order chi connectivity index (χ1) is 19.5. The molecule has 0 aliphatic carbocycles. The Hall–Kier alpha value is -4.63. The molecule has 0 atom stereocenters. The summed E-state index contributed by atoms with van der Waals surface area (Å²) in [6.07, 6.45) is 0. The van der Waals surface area contributed by atoms with Crippen LogP contribution in [0.2, 0.25) is 0 Å². The molecule has 0 bridgehead atoms. The summed E-state index contributed by atoms with van der Waals surface area (Å²) in [6.45, 7) is 11.9. The molecule has 7 aromatic rings. The Kier molecular flexibility index (Phi) is 5.64. The molecule has 40 heavy (non-hydrogen) atoms. The van der Waals surface area contributed by atoms with Crippen molar-refractivity contribution >= 4 is 32.8 Å². The molecule has 0 radical (unpaired) electrons. The highest BCUT2D eigenvalue weighted by Crippen LogP contribution is 2.39. The molecule has 0 unspecified atom stereocenters. The van der Waals surface area contributed by atoms with E-state index in [9.17, 15) is 0 Å². The van der Waals surface area contributed by atoms with E-state index in [0.717, 1.165) is 23.5 Å². The van der Waals surface area contributed by atoms with Gasteiger partial charge in [0.1, 0.15) is 0 Å². The predicted octanol–water partition coefficient (Wildman–Crippen LogP) is 9.72. The van der Waals surface area contributed by atoms with Gasteiger partial charge in [-0.1, -0.05) is 60.7 Å². The molecule has 0 aliphatic rings. The molecule has 0 aliphatic heterocycles. The van der Waals surface area contributed by atoms with Crippen LogP contribution in [0.5, 0.6) is 0 Å². The van der Waals surface area contributed by atoms with Crippen molar-refractivity contribution in [2.45, 2.75) is 41.2 Å². The third kappa shape index (κ3) is 3.61. The fraction of sp³-hybridized carbons (Fsp3) is 0.162. The Morgan fingerprint density at radius 1 is 0.550 bits per heavy atom. The normalized spacial score (nSPS) is 11.7. The second kappa shape index (κ2) is 9.24. The van der Waals surface area contributed by atoms with Gasteiger partial charge in [0.25, 0.3) is 0 Å². The van der Waals surface area contributed by atoms with Gasteiger partial charge in [-0.3, -0.25) is 4.57 Å². The second-order valence-electron chi connectivity index (χ2n) is 11.0. The summed E-state index contributed by atoms with van der Waals surface area (Å²) in [5.41, 5.74) is 14.9. The van der Waals surface area contributed by atoms with Crippen molar-refractivity contribution in [3.05, 3.63) is 119 Å². The van der Waals surface area contributed by atoms with Gasteiger partial charge >= 0.3 is 0 Å². The minimum absolute atomic E-state index is 0.845. The molecule has 7 rings (SSSR count). The number of hydrogen-bond acceptors (Lipinski definition) is 1. The largest absolute Gasteiger partial charge is 0.310 e. The lowest BCUT2D eigenvalue weighted by Crippen LogP contribution is -2.05. The molecule has 0 N–H and O–H groups in total. The van der Waals surface area contributed by atoms with Gasteiger partial charge in [-0.15, -0.1) is 0 Å². The number of aromatic nitrogens is 3. The molecule has 0 spiro atoms. The Morgan fingerprint density at radius 3 is 1.55 bits per heavy atom. The average molecular weight is 520 g/mol. The van der Waals surface area contributed by atoms with Crippen LogP contribution in [0.15, 0.2) is 97.1 Å². The lowest BCUT2D eigenvalue weighted by atomic mass is 9.93. The number of imidazole rings is 1. The second-order valence-corrected chi connectivity index (χ2v) is 11.0. The van der Waals surface area contributed by atoms with Gasteiger partial charge < -0.3 is 4.57 Å². The third-order valence-electron chi connectivity index (χ3n) is 8.46. The van der Waals surface area contributed by atoms with E-state index in [2.05, 4.69) is 141 Å². The maximum atomic E-state index is 5.17. The van der Waals surface area contributed by atoms with Crippen molar-refractivity contribution in [1.29, 1.82) is 0 Å². The minimum Gasteiger partial charge on any atom is -0.310 e. The Balaban J connectivity index is 1.59. The minimum atomic E-state index is 0.845. The molecule has 5 aromatic carbocycles. The number of fused-ring (bicyclic) bond motifs is 4. The van der Waals surface area contributed by atoms with Crippen LogP contribution in [-0.2, 0) is 6.54 Å². The molecule has 2 aromatic heterocycles. The zero-order chi connectivity index (χ0) is 27.5. The first-order valence-corrected chi connectivity index (χ1v) is 14.1. The maximum absolute atomic E-state index is 5.17. The lowest BCUT2D eigenvalue weighted by molar-refractivity contribution is 0.754. The SMILES string of the molecule is CCn1c(-n2c3ccc(-c4c(C)cccc4C)cc3c3cc(-c4c(C)cccc4C)ccc32)nc2ccccc21. The zero-order valence-corrected chi connectivity index (χ0v) is 23.8. The summed E-state index contributed by atoms with van der Waals surface area (Å²) in [6, 6.07) is 35.5. The van der Waals surface area contributed by atoms with E-state index in [4.69, 9.17) is 4.98 Å². The van der Waals surface area contributed by atoms with Crippen molar-refractivity contribution in [3.63, 3.8) is 0 Å². The van der Waals surface area contributed by atoms with Crippen LogP contribution in [0.4, 0.5) is 0 Å². The van der Waals surface area contributed by atoms with Crippen LogP contribution < -0.4 is 0 Å². The molecule has 196 valence electrons. The Labute approximate surface area is 235 Å². The number of para-hydroxylation sites is 2. The lowest BCUT2D eigenvalue weighted by Gasteiger charge is -2.12. The van der Waals surface area contributed by atoms with Gasteiger partial charge in [-0.2, -0.15) is 0 Å². The Bertz CT molecular complexity index is 1940. The van der Waals surface area contributed by atoms with Crippen LogP contribution in [0.3, 0.4) is 0 Å². The molecule has 0 amide bonds. The van der Waals surface area contributed by atoms with Gasteiger partial charge in [0.15, 0.2) is 0 Å². The standard InChI is InChI=1S/C37H33N3/c1-6-39-34-16-8-7-15-31(34)38-37(39)40-32-19-17-27(35-23(2)11-9-12-24(35)3)21-29(32)30-22-28(18-20-33(30)40)36-25(4)13-10-14-26(36)5/h7-22H,6H2,1-5H3. The average Bonchev–Trinajstić information content (AvgIpc) is 3.47. The highest BCUT2D eigenvalue weighted by atomic mass is 15.2. The summed E-state index contributed by atoms with van der Waals surface area (Å²) in [7, 11) is 0. The van der Waals surface area contributed by atoms with Crippen molar-refractivity contribution in [3.8, 4) is 28.2 Å². The molecular weight excluding hydrogens is 486 g/mol. The highest BCUT2D eigenvalue weighted by Gasteiger charge is 2.20. The van der Waals surface area contributed by atoms with Crippen LogP contribution >= 0.6 is 0 Å². The van der Waals surface area contributed by atoms with E-state index >= 15 is 0 Å². The fourth-order valence-corrected chi connectivity index (χ4v) is 6.63. The molecule has 2 heterocycles. The van der Waals surface area contributed by atoms with Gasteiger partial charge in [-0.05, 0) is 116 Å². The summed E-state index contributed by atoms with van der Waals surface area (Å²) in [5, 5.41) is 2.50. The van der Waals surface area contributed by atoms with Gasteiger partial charge in [0.05, 0.1) is 22.1 Å². The van der Waals surface area contributed by atoms with Crippen LogP contribution in [-0.4, -0.2) is 14.1 Å². The van der Waals surface area contributed by atoms with Gasteiger partial charge in [0.2, 0.25) is 5.95 Å². The zero-order valence-electron chi connectivity index (χ0n) is 23.8. The monoisotopic (exact) mass is 519 g/mol. The summed E-state index contributed by atoms with van der Waals surface area (Å²) < 4.78 is 4.68. The van der Waals surface area contributed by atoms with E-state index in [0.29, 0.717) is 0 Å². The molecule has 3 nitrogen and oxygen atoms in total. The molecule has 0 fully saturated rings. The number of hydrogen-bond donors (Lipinski definition) is 0. The summed E-state index contributed by atoms with van der Waals surface area (Å²) >= 11 is 0. The van der Waals surface area contributed by atoms with Crippen molar-refractivity contribution < 1.29 is 0 Å². The van der Waals surface area contributed by atoms with Crippen molar-refractivity contribution in [2.24, 2.45) is 0 Å². The first-order valence-electron chi connectivity index (χ1n) is 14.1. The van der Waals surface area contributed by atoms with Crippen LogP contribution in [0.25, 0.3) is 61.0 Å². The van der Waals surface area contributed by atoms with E-state index in [1.54, 1.807) is 0 Å². The molecular formula is C37H33N3. The highest BCUT2D eigenvalue weighted by molar-refractivity contribution is 6.11. The number of aryl methyl sites for hydroxylation is 5. The fourth-order valence-electron chi connectivity index (χ4n) is 6.63. The van der Waals surface area contributed by atoms with Crippen molar-refractivity contribution in [1.82, 2.24) is 14.1 Å². The van der Waals surface area contributed by atoms with E-state index in [-0.39, 0.29) is 0 Å². The van der Waals surface area contributed by atoms with E-state index in [1.165, 1.54) is 66.3 Å². The van der Waals surface area contributed by atoms with E-state index in [1.807, 2.05) is 0 Å². The molecule has 0 saturated heterocycles. The topological polar surface area (TPSA) is 22.8 Å². The third-order valence-corrected chi connectivity index (χ3v) is 8.46. The van der Waals surface area contributed by atoms with Gasteiger partial charge in [0, 0.05) is 17.3 Å². The van der Waals surface area contributed by atoms with Crippen molar-refractivity contribution in [2.75, 3.05) is 0 Å². The smallest absolute Gasteiger partial charge is 0.215 e. The summed E-state index contributed by atoms with van der Waals surface area (Å²) in [4.78, 5) is 5.17. The quantitative estimate of drug-likeness (QED) is 0.227. The number of benzene rings is 5. The molecule has 0 saturated carbocycles. The van der Waals surface area contributed by atoms with Gasteiger partial charge in [-0.25, -0.2) is 4.98 Å². The number of nitrogens with zero attached hydrogens (tertiary/aromatic N) is 3. The summed E-state index contributed by atoms with van der Waals surface area (Å²) in [5.74, 6) is 0.961. The first kappa shape index (κ1) is 24.4. The Morgan fingerprint density at radius 2 is 1.05 bits per heavy atom. The maximum Gasteiger partial charge on any atom is 0.215 e. The van der Waals surface area contributed by atoms with E-state index < -0.39 is 0 Å².